The second kappa shape index (κ2) is 11.2. The number of ether oxygens (including phenoxy) is 1. The van der Waals surface area contributed by atoms with Crippen molar-refractivity contribution in [3.05, 3.63) is 70.0 Å². The Balaban J connectivity index is 1.83. The summed E-state index contributed by atoms with van der Waals surface area (Å²) in [6, 6.07) is 13.0. The van der Waals surface area contributed by atoms with E-state index < -0.39 is 20.0 Å². The lowest BCUT2D eigenvalue weighted by atomic mass is 10.0. The average Bonchev–Trinajstić information content (AvgIpc) is 2.68. The van der Waals surface area contributed by atoms with Crippen LogP contribution in [0, 0.1) is 17.3 Å². The quantitative estimate of drug-likeness (QED) is 0.398. The lowest BCUT2D eigenvalue weighted by Gasteiger charge is -2.14. The van der Waals surface area contributed by atoms with E-state index >= 15 is 0 Å². The zero-order valence-electron chi connectivity index (χ0n) is 18.0. The molecule has 0 aliphatic rings. The van der Waals surface area contributed by atoms with E-state index in [4.69, 9.17) is 16.3 Å². The third kappa shape index (κ3) is 8.60. The van der Waals surface area contributed by atoms with Crippen LogP contribution in [0.1, 0.15) is 36.5 Å². The summed E-state index contributed by atoms with van der Waals surface area (Å²) in [5.41, 5.74) is 5.43. The summed E-state index contributed by atoms with van der Waals surface area (Å²) >= 11 is 6.06. The van der Waals surface area contributed by atoms with Crippen molar-refractivity contribution in [2.45, 2.75) is 58.5 Å². The molecule has 0 fully saturated rings. The maximum Gasteiger partial charge on any atom is 0.407 e. The van der Waals surface area contributed by atoms with Crippen LogP contribution in [0.3, 0.4) is 0 Å². The van der Waals surface area contributed by atoms with Crippen molar-refractivity contribution in [1.29, 1.82) is 0 Å². The van der Waals surface area contributed by atoms with Crippen LogP contribution >= 0.6 is 11.6 Å². The van der Waals surface area contributed by atoms with E-state index in [1.54, 1.807) is 12.1 Å². The van der Waals surface area contributed by atoms with Crippen LogP contribution in [0.15, 0.2) is 42.5 Å². The third-order valence-corrected chi connectivity index (χ3v) is 5.49. The highest BCUT2D eigenvalue weighted by atomic mass is 35.5. The van der Waals surface area contributed by atoms with Gasteiger partial charge in [0.1, 0.15) is 14.7 Å². The molecule has 0 aliphatic carbocycles. The van der Waals surface area contributed by atoms with Crippen LogP contribution < -0.4 is 5.32 Å². The largest absolute Gasteiger partial charge is 0.445 e. The van der Waals surface area contributed by atoms with E-state index in [9.17, 15) is 9.18 Å². The highest BCUT2D eigenvalue weighted by Gasteiger charge is 2.12. The van der Waals surface area contributed by atoms with Crippen LogP contribution in [0.5, 0.6) is 0 Å². The SMILES string of the molecule is C[C@@H](CCCc1cc(Cl)c(F)c(C#C[Si](C)(C)C)c1)NC(=O)OCc1ccccc1. The average molecular weight is 446 g/mol. The number of hydrogen-bond donors (Lipinski definition) is 1. The normalized spacial score (nSPS) is 11.9. The van der Waals surface area contributed by atoms with E-state index in [0.29, 0.717) is 5.56 Å². The third-order valence-electron chi connectivity index (χ3n) is 4.34. The molecule has 160 valence electrons. The van der Waals surface area contributed by atoms with Gasteiger partial charge in [-0.15, -0.1) is 5.54 Å². The monoisotopic (exact) mass is 445 g/mol. The molecule has 2 rings (SSSR count). The molecular formula is C24H29ClFNO2Si. The number of aryl methyl sites for hydroxylation is 1. The van der Waals surface area contributed by atoms with Gasteiger partial charge in [0, 0.05) is 6.04 Å². The fraction of sp³-hybridized carbons (Fsp3) is 0.375. The number of amides is 1. The minimum Gasteiger partial charge on any atom is -0.445 e. The first kappa shape index (κ1) is 24.0. The van der Waals surface area contributed by atoms with Crippen molar-refractivity contribution in [1.82, 2.24) is 5.32 Å². The Hall–Kier alpha value is -2.29. The summed E-state index contributed by atoms with van der Waals surface area (Å²) in [6.45, 7) is 8.52. The predicted octanol–water partition coefficient (Wildman–Crippen LogP) is 6.35. The van der Waals surface area contributed by atoms with Gasteiger partial charge >= 0.3 is 6.09 Å². The topological polar surface area (TPSA) is 38.3 Å². The molecule has 1 atom stereocenters. The van der Waals surface area contributed by atoms with Gasteiger partial charge < -0.3 is 10.1 Å². The van der Waals surface area contributed by atoms with Crippen LogP contribution in [0.2, 0.25) is 24.7 Å². The standard InChI is InChI=1S/C24H29ClFNO2Si/c1-18(27-24(28)29-17-19-10-6-5-7-11-19)9-8-12-20-15-21(13-14-30(2,3)4)23(26)22(25)16-20/h5-7,10-11,15-16,18H,8-9,12,17H2,1-4H3,(H,27,28)/t18-/m0/s1. The van der Waals surface area contributed by atoms with Gasteiger partial charge in [0.15, 0.2) is 5.82 Å². The van der Waals surface area contributed by atoms with Gasteiger partial charge in [-0.1, -0.05) is 67.5 Å². The van der Waals surface area contributed by atoms with Gasteiger partial charge in [-0.2, -0.15) is 0 Å². The van der Waals surface area contributed by atoms with Crippen molar-refractivity contribution >= 4 is 25.8 Å². The molecule has 0 saturated carbocycles. The van der Waals surface area contributed by atoms with Gasteiger partial charge in [-0.25, -0.2) is 9.18 Å². The second-order valence-corrected chi connectivity index (χ2v) is 13.6. The summed E-state index contributed by atoms with van der Waals surface area (Å²) in [5.74, 6) is 2.51. The molecule has 0 unspecified atom stereocenters. The molecule has 3 nitrogen and oxygen atoms in total. The van der Waals surface area contributed by atoms with Crippen molar-refractivity contribution in [2.24, 2.45) is 0 Å². The van der Waals surface area contributed by atoms with E-state index in [0.717, 1.165) is 30.4 Å². The van der Waals surface area contributed by atoms with Crippen molar-refractivity contribution in [3.8, 4) is 11.5 Å². The number of rotatable bonds is 7. The first-order valence-electron chi connectivity index (χ1n) is 10.1. The van der Waals surface area contributed by atoms with Gasteiger partial charge in [-0.3, -0.25) is 0 Å². The lowest BCUT2D eigenvalue weighted by Crippen LogP contribution is -2.33. The Morgan fingerprint density at radius 3 is 2.57 bits per heavy atom. The van der Waals surface area contributed by atoms with Gasteiger partial charge in [-0.05, 0) is 49.4 Å². The fourth-order valence-corrected chi connectivity index (χ4v) is 3.54. The van der Waals surface area contributed by atoms with E-state index in [2.05, 4.69) is 36.4 Å². The first-order valence-corrected chi connectivity index (χ1v) is 14.0. The maximum atomic E-state index is 14.3. The highest BCUT2D eigenvalue weighted by Crippen LogP contribution is 2.22. The van der Waals surface area contributed by atoms with Gasteiger partial charge in [0.05, 0.1) is 10.6 Å². The Kier molecular flexibility index (Phi) is 8.95. The van der Waals surface area contributed by atoms with Crippen LogP contribution in [0.4, 0.5) is 9.18 Å². The van der Waals surface area contributed by atoms with Crippen LogP contribution in [-0.2, 0) is 17.8 Å². The number of nitrogens with one attached hydrogen (secondary N) is 1. The molecule has 2 aromatic carbocycles. The highest BCUT2D eigenvalue weighted by molar-refractivity contribution is 6.83. The van der Waals surface area contributed by atoms with Gasteiger partial charge in [0.2, 0.25) is 0 Å². The molecule has 1 N–H and O–H groups in total. The molecule has 0 spiro atoms. The van der Waals surface area contributed by atoms with Gasteiger partial charge in [0.25, 0.3) is 0 Å². The van der Waals surface area contributed by atoms with Crippen LogP contribution in [0.25, 0.3) is 0 Å². The fourth-order valence-electron chi connectivity index (χ4n) is 2.79. The molecule has 0 aromatic heterocycles. The molecule has 0 bridgehead atoms. The molecule has 0 aliphatic heterocycles. The molecule has 1 amide bonds. The maximum absolute atomic E-state index is 14.3. The minimum atomic E-state index is -1.61. The predicted molar refractivity (Wildman–Crippen MR) is 124 cm³/mol. The van der Waals surface area contributed by atoms with Crippen molar-refractivity contribution in [2.75, 3.05) is 0 Å². The van der Waals surface area contributed by atoms with Crippen LogP contribution in [-0.4, -0.2) is 20.2 Å². The number of hydrogen-bond acceptors (Lipinski definition) is 2. The first-order chi connectivity index (χ1) is 14.1. The van der Waals surface area contributed by atoms with E-state index in [1.807, 2.05) is 37.3 Å². The molecule has 2 aromatic rings. The summed E-state index contributed by atoms with van der Waals surface area (Å²) in [5, 5.41) is 2.94. The zero-order valence-corrected chi connectivity index (χ0v) is 19.8. The summed E-state index contributed by atoms with van der Waals surface area (Å²) < 4.78 is 19.5. The van der Waals surface area contributed by atoms with E-state index in [-0.39, 0.29) is 17.7 Å². The Bertz CT molecular complexity index is 917. The second-order valence-electron chi connectivity index (χ2n) is 8.44. The number of carbonyl (C=O) groups excluding carboxylic acids is 1. The van der Waals surface area contributed by atoms with E-state index in [1.165, 1.54) is 0 Å². The van der Waals surface area contributed by atoms with Crippen molar-refractivity contribution < 1.29 is 13.9 Å². The minimum absolute atomic E-state index is 0.0321. The lowest BCUT2D eigenvalue weighted by molar-refractivity contribution is 0.136. The smallest absolute Gasteiger partial charge is 0.407 e. The molecule has 30 heavy (non-hydrogen) atoms. The summed E-state index contributed by atoms with van der Waals surface area (Å²) in [7, 11) is -1.61. The number of halogens is 2. The molecular weight excluding hydrogens is 417 g/mol. The number of alkyl carbamates (subject to hydrolysis) is 1. The molecule has 0 heterocycles. The Morgan fingerprint density at radius 2 is 1.90 bits per heavy atom. The number of benzene rings is 2. The summed E-state index contributed by atoms with van der Waals surface area (Å²) in [6.07, 6.45) is 1.89. The number of carbonyl (C=O) groups is 1. The Labute approximate surface area is 185 Å². The molecule has 6 heteroatoms. The molecule has 0 saturated heterocycles. The Morgan fingerprint density at radius 1 is 1.20 bits per heavy atom. The molecule has 0 radical (unpaired) electrons. The summed E-state index contributed by atoms with van der Waals surface area (Å²) in [4.78, 5) is 11.9. The zero-order chi connectivity index (χ0) is 22.1. The van der Waals surface area contributed by atoms with Crippen molar-refractivity contribution in [3.63, 3.8) is 0 Å².